The van der Waals surface area contributed by atoms with Gasteiger partial charge < -0.3 is 5.11 Å². The number of carbonyl (C=O) groups is 1. The first-order valence-corrected chi connectivity index (χ1v) is 8.92. The van der Waals surface area contributed by atoms with Crippen molar-refractivity contribution in [2.45, 2.75) is 35.5 Å². The fraction of sp³-hybridized carbons (Fsp3) is 0.462. The van der Waals surface area contributed by atoms with Gasteiger partial charge in [-0.2, -0.15) is 4.31 Å². The number of sulfonamides is 1. The molecule has 0 spiro atoms. The number of carboxylic acids is 1. The van der Waals surface area contributed by atoms with Gasteiger partial charge in [-0.3, -0.25) is 4.79 Å². The molecule has 1 aliphatic rings. The maximum absolute atomic E-state index is 12.6. The molecule has 0 amide bonds. The minimum atomic E-state index is -3.76. The predicted octanol–water partition coefficient (Wildman–Crippen LogP) is 2.21. The molecule has 20 heavy (non-hydrogen) atoms. The van der Waals surface area contributed by atoms with Crippen LogP contribution in [0.1, 0.15) is 24.8 Å². The second kappa shape index (κ2) is 6.24. The van der Waals surface area contributed by atoms with E-state index in [0.717, 1.165) is 16.3 Å². The highest BCUT2D eigenvalue weighted by molar-refractivity contribution is 9.08. The van der Waals surface area contributed by atoms with Crippen LogP contribution in [0.3, 0.4) is 0 Å². The highest BCUT2D eigenvalue weighted by atomic mass is 79.9. The van der Waals surface area contributed by atoms with Crippen molar-refractivity contribution in [2.75, 3.05) is 6.54 Å². The summed E-state index contributed by atoms with van der Waals surface area (Å²) >= 11 is 3.29. The Morgan fingerprint density at radius 1 is 1.40 bits per heavy atom. The lowest BCUT2D eigenvalue weighted by Crippen LogP contribution is -2.47. The first-order chi connectivity index (χ1) is 9.46. The van der Waals surface area contributed by atoms with Crippen LogP contribution < -0.4 is 0 Å². The first kappa shape index (κ1) is 15.5. The van der Waals surface area contributed by atoms with Crippen LogP contribution >= 0.6 is 15.9 Å². The summed E-state index contributed by atoms with van der Waals surface area (Å²) in [5.74, 6) is -1.08. The number of hydrogen-bond donors (Lipinski definition) is 1. The van der Waals surface area contributed by atoms with Crippen LogP contribution in [0.15, 0.2) is 29.2 Å². The second-order valence-corrected chi connectivity index (χ2v) is 7.20. The van der Waals surface area contributed by atoms with Crippen LogP contribution in [-0.4, -0.2) is 36.4 Å². The van der Waals surface area contributed by atoms with Crippen molar-refractivity contribution in [1.82, 2.24) is 4.31 Å². The number of hydrogen-bond acceptors (Lipinski definition) is 3. The Balaban J connectivity index is 2.39. The summed E-state index contributed by atoms with van der Waals surface area (Å²) in [6, 6.07) is 5.62. The van der Waals surface area contributed by atoms with Gasteiger partial charge in [0.15, 0.2) is 0 Å². The highest BCUT2D eigenvalue weighted by Crippen LogP contribution is 2.26. The average molecular weight is 362 g/mol. The van der Waals surface area contributed by atoms with E-state index in [1.54, 1.807) is 12.1 Å². The molecule has 0 unspecified atom stereocenters. The lowest BCUT2D eigenvalue weighted by molar-refractivity contribution is -0.142. The number of benzene rings is 1. The summed E-state index contributed by atoms with van der Waals surface area (Å²) in [5, 5.41) is 9.76. The van der Waals surface area contributed by atoms with Crippen LogP contribution in [0.25, 0.3) is 0 Å². The van der Waals surface area contributed by atoms with Gasteiger partial charge in [0, 0.05) is 11.9 Å². The first-order valence-electron chi connectivity index (χ1n) is 6.36. The molecular formula is C13H16BrNO4S. The zero-order valence-corrected chi connectivity index (χ0v) is 13.2. The normalized spacial score (nSPS) is 20.8. The van der Waals surface area contributed by atoms with E-state index >= 15 is 0 Å². The van der Waals surface area contributed by atoms with Crippen molar-refractivity contribution in [3.8, 4) is 0 Å². The smallest absolute Gasteiger partial charge is 0.322 e. The molecule has 110 valence electrons. The Morgan fingerprint density at radius 2 is 2.15 bits per heavy atom. The van der Waals surface area contributed by atoms with E-state index in [0.29, 0.717) is 18.2 Å². The van der Waals surface area contributed by atoms with E-state index in [2.05, 4.69) is 15.9 Å². The summed E-state index contributed by atoms with van der Waals surface area (Å²) in [7, 11) is -3.76. The molecule has 0 radical (unpaired) electrons. The van der Waals surface area contributed by atoms with E-state index in [1.165, 1.54) is 6.07 Å². The SMILES string of the molecule is O=C(O)[C@@H]1CCCCN1S(=O)(=O)c1cccc(CBr)c1. The minimum absolute atomic E-state index is 0.155. The van der Waals surface area contributed by atoms with Crippen molar-refractivity contribution in [3.63, 3.8) is 0 Å². The maximum Gasteiger partial charge on any atom is 0.322 e. The predicted molar refractivity (Wildman–Crippen MR) is 78.2 cm³/mol. The quantitative estimate of drug-likeness (QED) is 0.834. The van der Waals surface area contributed by atoms with Crippen molar-refractivity contribution >= 4 is 31.9 Å². The molecule has 0 bridgehead atoms. The summed E-state index contributed by atoms with van der Waals surface area (Å²) in [4.78, 5) is 11.4. The van der Waals surface area contributed by atoms with E-state index < -0.39 is 22.0 Å². The van der Waals surface area contributed by atoms with Gasteiger partial charge in [-0.15, -0.1) is 0 Å². The summed E-state index contributed by atoms with van der Waals surface area (Å²) in [6.07, 6.45) is 1.80. The molecule has 1 aliphatic heterocycles. The summed E-state index contributed by atoms with van der Waals surface area (Å²) < 4.78 is 26.4. The standard InChI is InChI=1S/C13H16BrNO4S/c14-9-10-4-3-5-11(8-10)20(18,19)15-7-2-1-6-12(15)13(16)17/h3-5,8,12H,1-2,6-7,9H2,(H,16,17)/t12-/m0/s1. The van der Waals surface area contributed by atoms with Gasteiger partial charge in [-0.25, -0.2) is 8.42 Å². The van der Waals surface area contributed by atoms with E-state index in [1.807, 2.05) is 6.07 Å². The minimum Gasteiger partial charge on any atom is -0.480 e. The average Bonchev–Trinajstić information content (AvgIpc) is 2.47. The number of piperidine rings is 1. The van der Waals surface area contributed by atoms with Crippen molar-refractivity contribution < 1.29 is 18.3 Å². The molecule has 1 saturated heterocycles. The lowest BCUT2D eigenvalue weighted by atomic mass is 10.1. The van der Waals surface area contributed by atoms with Crippen LogP contribution in [0.5, 0.6) is 0 Å². The van der Waals surface area contributed by atoms with Gasteiger partial charge in [-0.05, 0) is 37.0 Å². The number of aliphatic carboxylic acids is 1. The maximum atomic E-state index is 12.6. The van der Waals surface area contributed by atoms with E-state index in [9.17, 15) is 18.3 Å². The Kier molecular flexibility index (Phi) is 4.82. The number of halogens is 1. The van der Waals surface area contributed by atoms with Crippen molar-refractivity contribution in [1.29, 1.82) is 0 Å². The van der Waals surface area contributed by atoms with Crippen molar-refractivity contribution in [2.24, 2.45) is 0 Å². The van der Waals surface area contributed by atoms with Crippen LogP contribution in [0, 0.1) is 0 Å². The molecule has 0 aromatic heterocycles. The number of nitrogens with zero attached hydrogens (tertiary/aromatic N) is 1. The largest absolute Gasteiger partial charge is 0.480 e. The number of rotatable bonds is 4. The molecule has 1 heterocycles. The number of carboxylic acid groups (broad SMARTS) is 1. The Hall–Kier alpha value is -0.920. The van der Waals surface area contributed by atoms with Gasteiger partial charge in [0.25, 0.3) is 0 Å². The van der Waals surface area contributed by atoms with Gasteiger partial charge in [0.2, 0.25) is 10.0 Å². The Labute approximate surface area is 126 Å². The molecule has 7 heteroatoms. The van der Waals surface area contributed by atoms with Crippen molar-refractivity contribution in [3.05, 3.63) is 29.8 Å². The third kappa shape index (κ3) is 3.05. The molecule has 1 N–H and O–H groups in total. The molecule has 1 aromatic rings. The van der Waals surface area contributed by atoms with Crippen LogP contribution in [0.2, 0.25) is 0 Å². The second-order valence-electron chi connectivity index (χ2n) is 4.75. The van der Waals surface area contributed by atoms with Gasteiger partial charge in [0.05, 0.1) is 4.90 Å². The molecule has 1 atom stereocenters. The summed E-state index contributed by atoms with van der Waals surface area (Å²) in [5.41, 5.74) is 0.843. The zero-order valence-electron chi connectivity index (χ0n) is 10.8. The molecule has 0 saturated carbocycles. The summed E-state index contributed by atoms with van der Waals surface area (Å²) in [6.45, 7) is 0.262. The Morgan fingerprint density at radius 3 is 2.80 bits per heavy atom. The third-order valence-corrected chi connectivity index (χ3v) is 5.95. The van der Waals surface area contributed by atoms with Gasteiger partial charge >= 0.3 is 5.97 Å². The molecule has 2 rings (SSSR count). The lowest BCUT2D eigenvalue weighted by Gasteiger charge is -2.31. The Bertz CT molecular complexity index is 602. The fourth-order valence-electron chi connectivity index (χ4n) is 2.36. The monoisotopic (exact) mass is 361 g/mol. The van der Waals surface area contributed by atoms with Crippen LogP contribution in [0.4, 0.5) is 0 Å². The molecular weight excluding hydrogens is 346 g/mol. The molecule has 1 fully saturated rings. The van der Waals surface area contributed by atoms with Crippen LogP contribution in [-0.2, 0) is 20.1 Å². The molecule has 0 aliphatic carbocycles. The zero-order chi connectivity index (χ0) is 14.8. The molecule has 1 aromatic carbocycles. The molecule has 5 nitrogen and oxygen atoms in total. The topological polar surface area (TPSA) is 74.7 Å². The third-order valence-electron chi connectivity index (χ3n) is 3.40. The van der Waals surface area contributed by atoms with E-state index in [4.69, 9.17) is 0 Å². The van der Waals surface area contributed by atoms with Gasteiger partial charge in [-0.1, -0.05) is 28.1 Å². The fourth-order valence-corrected chi connectivity index (χ4v) is 4.43. The van der Waals surface area contributed by atoms with E-state index in [-0.39, 0.29) is 11.4 Å². The van der Waals surface area contributed by atoms with Gasteiger partial charge in [0.1, 0.15) is 6.04 Å². The number of alkyl halides is 1. The highest BCUT2D eigenvalue weighted by Gasteiger charge is 2.37.